The number of imidazole rings is 1. The van der Waals surface area contributed by atoms with Crippen molar-refractivity contribution in [3.8, 4) is 11.3 Å². The maximum absolute atomic E-state index is 15.0. The van der Waals surface area contributed by atoms with E-state index in [0.29, 0.717) is 5.69 Å². The van der Waals surface area contributed by atoms with E-state index in [2.05, 4.69) is 15.3 Å². The minimum absolute atomic E-state index is 0.0247. The van der Waals surface area contributed by atoms with Crippen LogP contribution in [0.3, 0.4) is 0 Å². The molecule has 1 amide bonds. The fourth-order valence-corrected chi connectivity index (χ4v) is 4.74. The maximum Gasteiger partial charge on any atom is 0.252 e. The number of hydrogen-bond donors (Lipinski definition) is 3. The molecule has 0 saturated heterocycles. The summed E-state index contributed by atoms with van der Waals surface area (Å²) < 4.78 is 16.9. The van der Waals surface area contributed by atoms with Gasteiger partial charge in [0.1, 0.15) is 11.5 Å². The lowest BCUT2D eigenvalue weighted by Gasteiger charge is -2.37. The van der Waals surface area contributed by atoms with Crippen LogP contribution in [-0.4, -0.2) is 39.4 Å². The van der Waals surface area contributed by atoms with Gasteiger partial charge >= 0.3 is 0 Å². The second-order valence-electron chi connectivity index (χ2n) is 8.98. The molecule has 0 unspecified atom stereocenters. The molecular formula is C26H28FN7O. The zero-order valence-electron chi connectivity index (χ0n) is 19.5. The number of nitrogens with zero attached hydrogens (tertiary/aromatic N) is 4. The molecule has 1 fully saturated rings. The lowest BCUT2D eigenvalue weighted by atomic mass is 9.90. The number of carbonyl (C=O) groups is 1. The van der Waals surface area contributed by atoms with Gasteiger partial charge in [-0.15, -0.1) is 0 Å². The third-order valence-corrected chi connectivity index (χ3v) is 6.62. The van der Waals surface area contributed by atoms with Crippen molar-refractivity contribution in [2.75, 3.05) is 17.3 Å². The van der Waals surface area contributed by atoms with Gasteiger partial charge in [0, 0.05) is 37.1 Å². The first-order chi connectivity index (χ1) is 16.9. The second-order valence-corrected chi connectivity index (χ2v) is 8.98. The number of rotatable bonds is 6. The van der Waals surface area contributed by atoms with E-state index in [-0.39, 0.29) is 29.3 Å². The van der Waals surface area contributed by atoms with E-state index >= 15 is 4.39 Å². The van der Waals surface area contributed by atoms with Gasteiger partial charge in [-0.2, -0.15) is 0 Å². The number of halogens is 1. The Morgan fingerprint density at radius 2 is 1.89 bits per heavy atom. The van der Waals surface area contributed by atoms with Crippen LogP contribution in [-0.2, 0) is 0 Å². The SMILES string of the molecule is CN(c1nc(Nc2ccc3nc(-c4ccccc4)cn3c2)c(C(N)=O)cc1F)[C@@H]1CCCC[C@@H]1N. The van der Waals surface area contributed by atoms with E-state index in [9.17, 15) is 4.79 Å². The quantitative estimate of drug-likeness (QED) is 0.389. The summed E-state index contributed by atoms with van der Waals surface area (Å²) in [5.41, 5.74) is 15.1. The number of anilines is 3. The highest BCUT2D eigenvalue weighted by molar-refractivity contribution is 5.98. The maximum atomic E-state index is 15.0. The number of likely N-dealkylation sites (N-methyl/N-ethyl adjacent to an activating group) is 1. The Labute approximate surface area is 202 Å². The van der Waals surface area contributed by atoms with Crippen molar-refractivity contribution in [3.63, 3.8) is 0 Å². The van der Waals surface area contributed by atoms with Crippen molar-refractivity contribution in [3.05, 3.63) is 72.3 Å². The van der Waals surface area contributed by atoms with Gasteiger partial charge < -0.3 is 26.1 Å². The molecular weight excluding hydrogens is 445 g/mol. The zero-order valence-corrected chi connectivity index (χ0v) is 19.5. The van der Waals surface area contributed by atoms with Crippen molar-refractivity contribution < 1.29 is 9.18 Å². The summed E-state index contributed by atoms with van der Waals surface area (Å²) in [4.78, 5) is 23.0. The molecule has 35 heavy (non-hydrogen) atoms. The second kappa shape index (κ2) is 9.34. The van der Waals surface area contributed by atoms with Crippen LogP contribution in [0.5, 0.6) is 0 Å². The summed E-state index contributed by atoms with van der Waals surface area (Å²) in [7, 11) is 1.79. The van der Waals surface area contributed by atoms with Crippen molar-refractivity contribution >= 4 is 28.9 Å². The fourth-order valence-electron chi connectivity index (χ4n) is 4.74. The molecule has 9 heteroatoms. The molecule has 180 valence electrons. The number of amides is 1. The molecule has 8 nitrogen and oxygen atoms in total. The van der Waals surface area contributed by atoms with Crippen LogP contribution in [0.1, 0.15) is 36.0 Å². The lowest BCUT2D eigenvalue weighted by molar-refractivity contribution is 0.100. The van der Waals surface area contributed by atoms with Gasteiger partial charge in [-0.1, -0.05) is 43.2 Å². The van der Waals surface area contributed by atoms with Crippen LogP contribution in [0.2, 0.25) is 0 Å². The predicted molar refractivity (Wildman–Crippen MR) is 135 cm³/mol. The Balaban J connectivity index is 1.48. The minimum Gasteiger partial charge on any atom is -0.365 e. The number of benzene rings is 1. The van der Waals surface area contributed by atoms with Crippen LogP contribution >= 0.6 is 0 Å². The van der Waals surface area contributed by atoms with E-state index in [1.807, 2.05) is 59.3 Å². The molecule has 2 atom stereocenters. The van der Waals surface area contributed by atoms with Gasteiger partial charge in [0.2, 0.25) is 0 Å². The summed E-state index contributed by atoms with van der Waals surface area (Å²) >= 11 is 0. The first-order valence-corrected chi connectivity index (χ1v) is 11.7. The van der Waals surface area contributed by atoms with Crippen molar-refractivity contribution in [2.24, 2.45) is 11.5 Å². The van der Waals surface area contributed by atoms with Gasteiger partial charge in [0.05, 0.1) is 16.9 Å². The normalized spacial score (nSPS) is 17.9. The van der Waals surface area contributed by atoms with Gasteiger partial charge in [0.15, 0.2) is 11.6 Å². The molecule has 5 rings (SSSR count). The van der Waals surface area contributed by atoms with Crippen LogP contribution in [0, 0.1) is 5.82 Å². The molecule has 5 N–H and O–H groups in total. The van der Waals surface area contributed by atoms with Gasteiger partial charge in [-0.05, 0) is 31.0 Å². The highest BCUT2D eigenvalue weighted by atomic mass is 19.1. The zero-order chi connectivity index (χ0) is 24.5. The first-order valence-electron chi connectivity index (χ1n) is 11.7. The lowest BCUT2D eigenvalue weighted by Crippen LogP contribution is -2.48. The summed E-state index contributed by atoms with van der Waals surface area (Å²) in [6, 6.07) is 14.6. The molecule has 1 saturated carbocycles. The van der Waals surface area contributed by atoms with Gasteiger partial charge in [-0.3, -0.25) is 4.79 Å². The Kier molecular flexibility index (Phi) is 6.08. The van der Waals surface area contributed by atoms with Gasteiger partial charge in [-0.25, -0.2) is 14.4 Å². The minimum atomic E-state index is -0.766. The van der Waals surface area contributed by atoms with Crippen molar-refractivity contribution in [2.45, 2.75) is 37.8 Å². The number of carbonyl (C=O) groups excluding carboxylic acids is 1. The molecule has 4 aromatic rings. The summed E-state index contributed by atoms with van der Waals surface area (Å²) in [6.45, 7) is 0. The first kappa shape index (κ1) is 22.8. The molecule has 0 aliphatic heterocycles. The highest BCUT2D eigenvalue weighted by Gasteiger charge is 2.29. The van der Waals surface area contributed by atoms with E-state index < -0.39 is 11.7 Å². The Morgan fingerprint density at radius 1 is 1.11 bits per heavy atom. The number of hydrogen-bond acceptors (Lipinski definition) is 6. The van der Waals surface area contributed by atoms with Crippen molar-refractivity contribution in [1.82, 2.24) is 14.4 Å². The van der Waals surface area contributed by atoms with Gasteiger partial charge in [0.25, 0.3) is 5.91 Å². The number of nitrogens with two attached hydrogens (primary N) is 2. The summed E-state index contributed by atoms with van der Waals surface area (Å²) in [6.07, 6.45) is 7.61. The number of nitrogens with one attached hydrogen (secondary N) is 1. The number of pyridine rings is 2. The highest BCUT2D eigenvalue weighted by Crippen LogP contribution is 2.30. The van der Waals surface area contributed by atoms with E-state index in [1.165, 1.54) is 0 Å². The molecule has 1 aromatic carbocycles. The Hall–Kier alpha value is -3.98. The average Bonchev–Trinajstić information content (AvgIpc) is 3.29. The number of fused-ring (bicyclic) bond motifs is 1. The standard InChI is InChI=1S/C26H28FN7O/c1-33(22-10-6-5-9-20(22)28)26-19(27)13-18(24(29)35)25(32-26)30-17-11-12-23-31-21(15-34(23)14-17)16-7-3-2-4-8-16/h2-4,7-8,11-15,20,22H,5-6,9-10,28H2,1H3,(H2,29,35)(H,30,32)/t20-,22+/m0/s1. The van der Waals surface area contributed by atoms with Crippen LogP contribution in [0.4, 0.5) is 21.7 Å². The third kappa shape index (κ3) is 4.54. The molecule has 3 heterocycles. The summed E-state index contributed by atoms with van der Waals surface area (Å²) in [5.74, 6) is -1.05. The molecule has 1 aliphatic rings. The smallest absolute Gasteiger partial charge is 0.252 e. The average molecular weight is 474 g/mol. The van der Waals surface area contributed by atoms with Crippen LogP contribution in [0.15, 0.2) is 60.9 Å². The number of primary amides is 1. The van der Waals surface area contributed by atoms with E-state index in [0.717, 1.165) is 48.7 Å². The van der Waals surface area contributed by atoms with Crippen molar-refractivity contribution in [1.29, 1.82) is 0 Å². The largest absolute Gasteiger partial charge is 0.365 e. The van der Waals surface area contributed by atoms with E-state index in [4.69, 9.17) is 11.5 Å². The predicted octanol–water partition coefficient (Wildman–Crippen LogP) is 4.08. The molecule has 1 aliphatic carbocycles. The van der Waals surface area contributed by atoms with Crippen LogP contribution in [0.25, 0.3) is 16.9 Å². The molecule has 0 radical (unpaired) electrons. The monoisotopic (exact) mass is 473 g/mol. The Morgan fingerprint density at radius 3 is 2.63 bits per heavy atom. The van der Waals surface area contributed by atoms with E-state index in [1.54, 1.807) is 11.9 Å². The summed E-state index contributed by atoms with van der Waals surface area (Å²) in [5, 5.41) is 3.15. The molecule has 0 bridgehead atoms. The van der Waals surface area contributed by atoms with Crippen LogP contribution < -0.4 is 21.7 Å². The molecule has 0 spiro atoms. The fraction of sp³-hybridized carbons (Fsp3) is 0.269. The third-order valence-electron chi connectivity index (χ3n) is 6.62. The Bertz CT molecular complexity index is 1370. The number of aromatic nitrogens is 3. The topological polar surface area (TPSA) is 115 Å². The molecule has 3 aromatic heterocycles.